The Morgan fingerprint density at radius 3 is 2.82 bits per heavy atom. The van der Waals surface area contributed by atoms with E-state index < -0.39 is 0 Å². The third kappa shape index (κ3) is 2.98. The van der Waals surface area contributed by atoms with Crippen LogP contribution in [0.4, 0.5) is 0 Å². The van der Waals surface area contributed by atoms with Gasteiger partial charge in [0.05, 0.1) is 5.69 Å². The van der Waals surface area contributed by atoms with E-state index in [1.54, 1.807) is 6.07 Å². The molecular formula is C11H10BrClN2O2. The van der Waals surface area contributed by atoms with Crippen LogP contribution in [-0.4, -0.2) is 16.9 Å². The fourth-order valence-corrected chi connectivity index (χ4v) is 2.28. The number of amides is 1. The minimum absolute atomic E-state index is 0.0102. The Bertz CT molecular complexity index is 539. The SMILES string of the molecule is O=C1CC[C@H](C=C(Br)c2ccc(Cl)c(=O)[nH]2)N1. The Balaban J connectivity index is 2.21. The van der Waals surface area contributed by atoms with Crippen molar-refractivity contribution in [3.8, 4) is 0 Å². The maximum Gasteiger partial charge on any atom is 0.267 e. The van der Waals surface area contributed by atoms with E-state index in [0.717, 1.165) is 10.9 Å². The Kier molecular flexibility index (Phi) is 3.69. The summed E-state index contributed by atoms with van der Waals surface area (Å²) in [5, 5.41) is 2.97. The fraction of sp³-hybridized carbons (Fsp3) is 0.273. The molecule has 0 radical (unpaired) electrons. The molecule has 0 unspecified atom stereocenters. The van der Waals surface area contributed by atoms with E-state index in [1.165, 1.54) is 6.07 Å². The van der Waals surface area contributed by atoms with Gasteiger partial charge in [-0.3, -0.25) is 9.59 Å². The van der Waals surface area contributed by atoms with E-state index in [-0.39, 0.29) is 22.5 Å². The van der Waals surface area contributed by atoms with Crippen LogP contribution in [0.15, 0.2) is 23.0 Å². The zero-order valence-corrected chi connectivity index (χ0v) is 11.1. The topological polar surface area (TPSA) is 62.0 Å². The lowest BCUT2D eigenvalue weighted by Gasteiger charge is -2.05. The molecule has 1 aliphatic heterocycles. The van der Waals surface area contributed by atoms with Crippen LogP contribution < -0.4 is 10.9 Å². The van der Waals surface area contributed by atoms with E-state index in [9.17, 15) is 9.59 Å². The summed E-state index contributed by atoms with van der Waals surface area (Å²) < 4.78 is 0.735. The Labute approximate surface area is 111 Å². The molecule has 1 amide bonds. The number of rotatable bonds is 2. The second kappa shape index (κ2) is 5.06. The van der Waals surface area contributed by atoms with Gasteiger partial charge in [-0.05, 0) is 40.6 Å². The van der Waals surface area contributed by atoms with Crippen molar-refractivity contribution in [2.45, 2.75) is 18.9 Å². The molecule has 2 heterocycles. The summed E-state index contributed by atoms with van der Waals surface area (Å²) in [5.74, 6) is 0.0520. The van der Waals surface area contributed by atoms with Crippen molar-refractivity contribution in [1.29, 1.82) is 0 Å². The molecule has 90 valence electrons. The van der Waals surface area contributed by atoms with Crippen molar-refractivity contribution in [3.63, 3.8) is 0 Å². The lowest BCUT2D eigenvalue weighted by atomic mass is 10.2. The fourth-order valence-electron chi connectivity index (χ4n) is 1.62. The summed E-state index contributed by atoms with van der Waals surface area (Å²) in [5.41, 5.74) is 0.311. The summed E-state index contributed by atoms with van der Waals surface area (Å²) in [6.07, 6.45) is 3.18. The first-order valence-electron chi connectivity index (χ1n) is 5.12. The van der Waals surface area contributed by atoms with Gasteiger partial charge in [0.25, 0.3) is 5.56 Å². The highest BCUT2D eigenvalue weighted by Gasteiger charge is 2.19. The number of H-pyrrole nitrogens is 1. The van der Waals surface area contributed by atoms with Crippen molar-refractivity contribution in [1.82, 2.24) is 10.3 Å². The second-order valence-corrected chi connectivity index (χ2v) is 5.04. The number of carbonyl (C=O) groups excluding carboxylic acids is 1. The maximum atomic E-state index is 11.3. The van der Waals surface area contributed by atoms with Crippen molar-refractivity contribution in [3.05, 3.63) is 39.3 Å². The first-order valence-corrected chi connectivity index (χ1v) is 6.29. The van der Waals surface area contributed by atoms with E-state index in [0.29, 0.717) is 12.1 Å². The van der Waals surface area contributed by atoms with Gasteiger partial charge in [0.15, 0.2) is 0 Å². The second-order valence-electron chi connectivity index (χ2n) is 3.78. The number of hydrogen-bond acceptors (Lipinski definition) is 2. The average Bonchev–Trinajstić information content (AvgIpc) is 2.68. The normalized spacial score (nSPS) is 20.5. The number of aromatic amines is 1. The van der Waals surface area contributed by atoms with Gasteiger partial charge >= 0.3 is 0 Å². The summed E-state index contributed by atoms with van der Waals surface area (Å²) in [6.45, 7) is 0. The largest absolute Gasteiger partial charge is 0.350 e. The van der Waals surface area contributed by atoms with Gasteiger partial charge in [0, 0.05) is 16.9 Å². The van der Waals surface area contributed by atoms with Gasteiger partial charge in [0.1, 0.15) is 5.02 Å². The predicted octanol–water partition coefficient (Wildman–Crippen LogP) is 2.04. The van der Waals surface area contributed by atoms with Crippen LogP contribution in [0, 0.1) is 0 Å². The molecule has 1 fully saturated rings. The molecular weight excluding hydrogens is 307 g/mol. The molecule has 2 N–H and O–H groups in total. The van der Waals surface area contributed by atoms with Gasteiger partial charge < -0.3 is 10.3 Å². The van der Waals surface area contributed by atoms with Crippen LogP contribution in [0.25, 0.3) is 4.48 Å². The first kappa shape index (κ1) is 12.4. The number of halogens is 2. The molecule has 0 bridgehead atoms. The molecule has 1 atom stereocenters. The van der Waals surface area contributed by atoms with E-state index in [4.69, 9.17) is 11.6 Å². The molecule has 1 saturated heterocycles. The van der Waals surface area contributed by atoms with Crippen molar-refractivity contribution < 1.29 is 4.79 Å². The minimum Gasteiger partial charge on any atom is -0.350 e. The van der Waals surface area contributed by atoms with E-state index >= 15 is 0 Å². The third-order valence-electron chi connectivity index (χ3n) is 2.50. The highest BCUT2D eigenvalue weighted by molar-refractivity contribution is 9.15. The summed E-state index contributed by atoms with van der Waals surface area (Å²) in [7, 11) is 0. The molecule has 1 aromatic heterocycles. The number of nitrogens with one attached hydrogen (secondary N) is 2. The molecule has 0 saturated carbocycles. The molecule has 0 aromatic carbocycles. The summed E-state index contributed by atoms with van der Waals surface area (Å²) >= 11 is 9.01. The van der Waals surface area contributed by atoms with E-state index in [2.05, 4.69) is 26.2 Å². The van der Waals surface area contributed by atoms with Crippen LogP contribution in [0.1, 0.15) is 18.5 Å². The predicted molar refractivity (Wildman–Crippen MR) is 70.1 cm³/mol. The van der Waals surface area contributed by atoms with Crippen LogP contribution in [0.5, 0.6) is 0 Å². The third-order valence-corrected chi connectivity index (χ3v) is 3.48. The molecule has 1 aliphatic rings. The monoisotopic (exact) mass is 316 g/mol. The Morgan fingerprint density at radius 1 is 1.47 bits per heavy atom. The average molecular weight is 318 g/mol. The number of carbonyl (C=O) groups is 1. The van der Waals surface area contributed by atoms with Gasteiger partial charge in [-0.25, -0.2) is 0 Å². The molecule has 2 rings (SSSR count). The zero-order chi connectivity index (χ0) is 12.4. The van der Waals surface area contributed by atoms with Crippen molar-refractivity contribution in [2.24, 2.45) is 0 Å². The van der Waals surface area contributed by atoms with Crippen LogP contribution in [0.3, 0.4) is 0 Å². The molecule has 1 aromatic rings. The molecule has 6 heteroatoms. The van der Waals surface area contributed by atoms with Gasteiger partial charge in [-0.15, -0.1) is 0 Å². The van der Waals surface area contributed by atoms with Crippen LogP contribution >= 0.6 is 27.5 Å². The van der Waals surface area contributed by atoms with Gasteiger partial charge in [-0.1, -0.05) is 11.6 Å². The lowest BCUT2D eigenvalue weighted by Crippen LogP contribution is -2.23. The zero-order valence-electron chi connectivity index (χ0n) is 8.80. The summed E-state index contributed by atoms with van der Waals surface area (Å²) in [4.78, 5) is 25.0. The molecule has 0 aliphatic carbocycles. The van der Waals surface area contributed by atoms with Crippen molar-refractivity contribution in [2.75, 3.05) is 0 Å². The van der Waals surface area contributed by atoms with E-state index in [1.807, 2.05) is 6.08 Å². The van der Waals surface area contributed by atoms with Crippen molar-refractivity contribution >= 4 is 37.9 Å². The smallest absolute Gasteiger partial charge is 0.267 e. The Morgan fingerprint density at radius 2 is 2.24 bits per heavy atom. The quantitative estimate of drug-likeness (QED) is 0.877. The summed E-state index contributed by atoms with van der Waals surface area (Å²) in [6, 6.07) is 3.26. The maximum absolute atomic E-state index is 11.3. The first-order chi connectivity index (χ1) is 8.06. The van der Waals surface area contributed by atoms with Crippen LogP contribution in [0.2, 0.25) is 5.02 Å². The molecule has 0 spiro atoms. The Hall–Kier alpha value is -1.07. The molecule has 17 heavy (non-hydrogen) atoms. The number of aromatic nitrogens is 1. The minimum atomic E-state index is -0.329. The van der Waals surface area contributed by atoms with Gasteiger partial charge in [0.2, 0.25) is 5.91 Å². The standard InChI is InChI=1S/C11H10BrClN2O2/c12-7(5-6-1-4-10(16)14-6)9-3-2-8(13)11(17)15-9/h2-3,5-6H,1,4H2,(H,14,16)(H,15,17)/t6-/m1/s1. The highest BCUT2D eigenvalue weighted by Crippen LogP contribution is 2.21. The lowest BCUT2D eigenvalue weighted by molar-refractivity contribution is -0.119. The number of hydrogen-bond donors (Lipinski definition) is 2. The number of pyridine rings is 1. The van der Waals surface area contributed by atoms with Gasteiger partial charge in [-0.2, -0.15) is 0 Å². The highest BCUT2D eigenvalue weighted by atomic mass is 79.9. The molecule has 4 nitrogen and oxygen atoms in total. The van der Waals surface area contributed by atoms with Crippen LogP contribution in [-0.2, 0) is 4.79 Å².